The summed E-state index contributed by atoms with van der Waals surface area (Å²) in [4.78, 5) is 30.9. The molecule has 3 N–H and O–H groups in total. The van der Waals surface area contributed by atoms with Gasteiger partial charge in [-0.2, -0.15) is 15.0 Å². The van der Waals surface area contributed by atoms with Gasteiger partial charge in [0.15, 0.2) is 10.3 Å². The molecule has 4 rings (SSSR count). The molecule has 138 valence electrons. The van der Waals surface area contributed by atoms with Gasteiger partial charge in [0.05, 0.1) is 0 Å². The molecule has 9 heteroatoms. The number of nitrogens with one attached hydrogen (secondary N) is 1. The van der Waals surface area contributed by atoms with Crippen molar-refractivity contribution in [1.29, 1.82) is 0 Å². The number of carbonyl (C=O) groups excluding carboxylic acids is 1. The van der Waals surface area contributed by atoms with Crippen LogP contribution in [0, 0.1) is 12.8 Å². The quantitative estimate of drug-likeness (QED) is 0.621. The van der Waals surface area contributed by atoms with Crippen molar-refractivity contribution >= 4 is 45.9 Å². The third-order valence-electron chi connectivity index (χ3n) is 4.02. The molecule has 3 aromatic rings. The van der Waals surface area contributed by atoms with Gasteiger partial charge in [-0.15, -0.1) is 11.3 Å². The number of benzene rings is 1. The SMILES string of the molecule is Cc1cnc(Nc2nc(N)nc(Sc3ccc(CC(=O)C4CC4)cc3)n2)s1. The van der Waals surface area contributed by atoms with Gasteiger partial charge < -0.3 is 5.73 Å². The Morgan fingerprint density at radius 3 is 2.70 bits per heavy atom. The molecule has 1 aliphatic rings. The van der Waals surface area contributed by atoms with E-state index >= 15 is 0 Å². The van der Waals surface area contributed by atoms with Crippen molar-refractivity contribution in [2.45, 2.75) is 36.2 Å². The molecule has 0 radical (unpaired) electrons. The average molecular weight is 399 g/mol. The number of nitrogens with zero attached hydrogens (tertiary/aromatic N) is 4. The van der Waals surface area contributed by atoms with E-state index < -0.39 is 0 Å². The fraction of sp³-hybridized carbons (Fsp3) is 0.278. The summed E-state index contributed by atoms with van der Waals surface area (Å²) in [6.45, 7) is 1.98. The van der Waals surface area contributed by atoms with Crippen LogP contribution in [0.3, 0.4) is 0 Å². The number of hydrogen-bond acceptors (Lipinski definition) is 9. The lowest BCUT2D eigenvalue weighted by Crippen LogP contribution is -2.04. The molecule has 1 fully saturated rings. The lowest BCUT2D eigenvalue weighted by molar-refractivity contribution is -0.119. The first kappa shape index (κ1) is 17.9. The summed E-state index contributed by atoms with van der Waals surface area (Å²) in [5.41, 5.74) is 6.85. The first-order valence-electron chi connectivity index (χ1n) is 8.56. The Balaban J connectivity index is 1.44. The molecule has 1 saturated carbocycles. The van der Waals surface area contributed by atoms with Gasteiger partial charge in [0.25, 0.3) is 0 Å². The molecule has 0 saturated heterocycles. The monoisotopic (exact) mass is 398 g/mol. The number of carbonyl (C=O) groups is 1. The molecule has 0 atom stereocenters. The highest BCUT2D eigenvalue weighted by atomic mass is 32.2. The first-order chi connectivity index (χ1) is 13.0. The zero-order valence-corrected chi connectivity index (χ0v) is 16.3. The molecule has 1 aromatic carbocycles. The van der Waals surface area contributed by atoms with Gasteiger partial charge in [-0.05, 0) is 49.2 Å². The molecule has 1 aliphatic carbocycles. The zero-order chi connectivity index (χ0) is 18.8. The third kappa shape index (κ3) is 4.81. The molecule has 0 aliphatic heterocycles. The van der Waals surface area contributed by atoms with Gasteiger partial charge in [-0.3, -0.25) is 10.1 Å². The van der Waals surface area contributed by atoms with Gasteiger partial charge in [-0.1, -0.05) is 12.1 Å². The number of hydrogen-bond donors (Lipinski definition) is 2. The van der Waals surface area contributed by atoms with Gasteiger partial charge >= 0.3 is 0 Å². The van der Waals surface area contributed by atoms with Gasteiger partial charge in [0, 0.05) is 28.3 Å². The minimum atomic E-state index is 0.148. The summed E-state index contributed by atoms with van der Waals surface area (Å²) < 4.78 is 0. The standard InChI is InChI=1S/C18H18N6OS2/c1-10-9-20-17(26-10)23-16-21-15(19)22-18(24-16)27-13-6-2-11(3-7-13)8-14(25)12-4-5-12/h2-3,6-7,9,12H,4-5,8H2,1H3,(H3,19,20,21,22,23,24). The summed E-state index contributed by atoms with van der Waals surface area (Å²) in [5.74, 6) is 1.15. The lowest BCUT2D eigenvalue weighted by Gasteiger charge is -2.06. The predicted molar refractivity (Wildman–Crippen MR) is 106 cm³/mol. The third-order valence-corrected chi connectivity index (χ3v) is 5.72. The van der Waals surface area contributed by atoms with Crippen LogP contribution in [0.25, 0.3) is 0 Å². The van der Waals surface area contributed by atoms with Gasteiger partial charge in [0.1, 0.15) is 5.78 Å². The minimum absolute atomic E-state index is 0.148. The Labute approximate surface area is 164 Å². The second-order valence-electron chi connectivity index (χ2n) is 6.36. The van der Waals surface area contributed by atoms with Crippen LogP contribution in [0.2, 0.25) is 0 Å². The second kappa shape index (κ2) is 7.61. The van der Waals surface area contributed by atoms with Crippen LogP contribution >= 0.6 is 23.1 Å². The number of aryl methyl sites for hydroxylation is 1. The van der Waals surface area contributed by atoms with Crippen LogP contribution in [0.15, 0.2) is 40.5 Å². The Bertz CT molecular complexity index is 968. The number of nitrogens with two attached hydrogens (primary N) is 1. The van der Waals surface area contributed by atoms with Crippen molar-refractivity contribution in [3.63, 3.8) is 0 Å². The molecule has 7 nitrogen and oxygen atoms in total. The van der Waals surface area contributed by atoms with Crippen molar-refractivity contribution in [3.8, 4) is 0 Å². The van der Waals surface area contributed by atoms with Gasteiger partial charge in [0.2, 0.25) is 11.9 Å². The van der Waals surface area contributed by atoms with E-state index in [1.54, 1.807) is 6.20 Å². The number of rotatable bonds is 7. The largest absolute Gasteiger partial charge is 0.368 e. The fourth-order valence-corrected chi connectivity index (χ4v) is 3.93. The molecule has 0 unspecified atom stereocenters. The molecular formula is C18H18N6OS2. The van der Waals surface area contributed by atoms with E-state index in [4.69, 9.17) is 5.73 Å². The Kier molecular flexibility index (Phi) is 5.04. The normalized spacial score (nSPS) is 13.5. The maximum absolute atomic E-state index is 11.9. The van der Waals surface area contributed by atoms with E-state index in [9.17, 15) is 4.79 Å². The molecule has 0 amide bonds. The van der Waals surface area contributed by atoms with Crippen molar-refractivity contribution in [2.75, 3.05) is 11.1 Å². The van der Waals surface area contributed by atoms with Crippen LogP contribution in [0.1, 0.15) is 23.3 Å². The molecular weight excluding hydrogens is 380 g/mol. The van der Waals surface area contributed by atoms with E-state index in [1.165, 1.54) is 23.1 Å². The predicted octanol–water partition coefficient (Wildman–Crippen LogP) is 3.64. The number of thiazole rings is 1. The minimum Gasteiger partial charge on any atom is -0.368 e. The molecule has 2 aromatic heterocycles. The van der Waals surface area contributed by atoms with Crippen LogP contribution in [-0.4, -0.2) is 25.7 Å². The van der Waals surface area contributed by atoms with Crippen LogP contribution in [0.4, 0.5) is 17.0 Å². The Hall–Kier alpha value is -2.52. The highest BCUT2D eigenvalue weighted by molar-refractivity contribution is 7.99. The Morgan fingerprint density at radius 2 is 2.04 bits per heavy atom. The van der Waals surface area contributed by atoms with E-state index in [-0.39, 0.29) is 5.95 Å². The average Bonchev–Trinajstić information content (AvgIpc) is 3.40. The van der Waals surface area contributed by atoms with Gasteiger partial charge in [-0.25, -0.2) is 4.98 Å². The maximum Gasteiger partial charge on any atom is 0.234 e. The first-order valence-corrected chi connectivity index (χ1v) is 10.2. The van der Waals surface area contributed by atoms with Crippen LogP contribution in [-0.2, 0) is 11.2 Å². The summed E-state index contributed by atoms with van der Waals surface area (Å²) >= 11 is 2.91. The zero-order valence-electron chi connectivity index (χ0n) is 14.7. The number of aromatic nitrogens is 4. The fourth-order valence-electron chi connectivity index (χ4n) is 2.51. The molecule has 0 bridgehead atoms. The topological polar surface area (TPSA) is 107 Å². The van der Waals surface area contributed by atoms with Crippen LogP contribution in [0.5, 0.6) is 0 Å². The second-order valence-corrected chi connectivity index (χ2v) is 8.64. The van der Waals surface area contributed by atoms with Crippen molar-refractivity contribution in [2.24, 2.45) is 5.92 Å². The number of anilines is 3. The van der Waals surface area contributed by atoms with E-state index in [1.807, 2.05) is 31.2 Å². The van der Waals surface area contributed by atoms with E-state index in [2.05, 4.69) is 25.3 Å². The summed E-state index contributed by atoms with van der Waals surface area (Å²) in [6, 6.07) is 7.89. The van der Waals surface area contributed by atoms with E-state index in [0.29, 0.717) is 34.4 Å². The van der Waals surface area contributed by atoms with Crippen molar-refractivity contribution < 1.29 is 4.79 Å². The van der Waals surface area contributed by atoms with Crippen molar-refractivity contribution in [1.82, 2.24) is 19.9 Å². The Morgan fingerprint density at radius 1 is 1.26 bits per heavy atom. The summed E-state index contributed by atoms with van der Waals surface area (Å²) in [7, 11) is 0. The van der Waals surface area contributed by atoms with E-state index in [0.717, 1.165) is 28.2 Å². The molecule has 27 heavy (non-hydrogen) atoms. The van der Waals surface area contributed by atoms with Crippen LogP contribution < -0.4 is 11.1 Å². The number of Topliss-reactive ketones (excluding diaryl/α,β-unsaturated/α-hetero) is 1. The maximum atomic E-state index is 11.9. The lowest BCUT2D eigenvalue weighted by atomic mass is 10.1. The number of nitrogen functional groups attached to an aromatic ring is 1. The smallest absolute Gasteiger partial charge is 0.234 e. The highest BCUT2D eigenvalue weighted by Gasteiger charge is 2.28. The summed E-state index contributed by atoms with van der Waals surface area (Å²) in [5, 5.41) is 4.26. The molecule has 0 spiro atoms. The summed E-state index contributed by atoms with van der Waals surface area (Å²) in [6.07, 6.45) is 4.38. The molecule has 2 heterocycles. The number of ketones is 1. The van der Waals surface area contributed by atoms with Crippen molar-refractivity contribution in [3.05, 3.63) is 40.9 Å². The highest BCUT2D eigenvalue weighted by Crippen LogP contribution is 2.31.